The first kappa shape index (κ1) is 14.8. The zero-order valence-corrected chi connectivity index (χ0v) is 11.4. The predicted molar refractivity (Wildman–Crippen MR) is 71.4 cm³/mol. The van der Waals surface area contributed by atoms with Gasteiger partial charge in [-0.2, -0.15) is 0 Å². The Balaban J connectivity index is 2.35. The van der Waals surface area contributed by atoms with E-state index in [4.69, 9.17) is 10.9 Å². The van der Waals surface area contributed by atoms with Gasteiger partial charge in [0.05, 0.1) is 6.04 Å². The second kappa shape index (κ2) is 7.24. The number of hydrogen-bond donors (Lipinski definition) is 2. The highest BCUT2D eigenvalue weighted by Gasteiger charge is 2.21. The Morgan fingerprint density at radius 3 is 2.61 bits per heavy atom. The molecule has 0 aromatic carbocycles. The Morgan fingerprint density at radius 1 is 1.44 bits per heavy atom. The van der Waals surface area contributed by atoms with Crippen LogP contribution in [0.2, 0.25) is 0 Å². The lowest BCUT2D eigenvalue weighted by atomic mass is 9.86. The number of carbonyl (C=O) groups is 1. The number of oxime groups is 1. The third kappa shape index (κ3) is 4.20. The van der Waals surface area contributed by atoms with E-state index in [2.05, 4.69) is 5.16 Å². The first-order chi connectivity index (χ1) is 8.56. The van der Waals surface area contributed by atoms with Crippen molar-refractivity contribution in [2.75, 3.05) is 7.05 Å². The Morgan fingerprint density at radius 2 is 2.06 bits per heavy atom. The Bertz CT molecular complexity index is 299. The Hall–Kier alpha value is -1.26. The Kier molecular flexibility index (Phi) is 5.95. The minimum absolute atomic E-state index is 0.0691. The van der Waals surface area contributed by atoms with Crippen LogP contribution in [0.3, 0.4) is 0 Å². The van der Waals surface area contributed by atoms with Crippen LogP contribution < -0.4 is 5.73 Å². The second-order valence-electron chi connectivity index (χ2n) is 5.25. The fraction of sp³-hybridized carbons (Fsp3) is 0.846. The van der Waals surface area contributed by atoms with Crippen molar-refractivity contribution in [1.29, 1.82) is 0 Å². The second-order valence-corrected chi connectivity index (χ2v) is 5.25. The van der Waals surface area contributed by atoms with Crippen LogP contribution in [-0.2, 0) is 4.79 Å². The molecule has 1 rings (SSSR count). The largest absolute Gasteiger partial charge is 0.409 e. The van der Waals surface area contributed by atoms with E-state index in [0.717, 1.165) is 6.42 Å². The summed E-state index contributed by atoms with van der Waals surface area (Å²) in [5, 5.41) is 11.5. The first-order valence-electron chi connectivity index (χ1n) is 6.79. The van der Waals surface area contributed by atoms with Gasteiger partial charge in [0.2, 0.25) is 5.91 Å². The molecule has 0 aromatic rings. The first-order valence-corrected chi connectivity index (χ1v) is 6.79. The van der Waals surface area contributed by atoms with Gasteiger partial charge >= 0.3 is 0 Å². The highest BCUT2D eigenvalue weighted by Crippen LogP contribution is 2.27. The van der Waals surface area contributed by atoms with Crippen molar-refractivity contribution in [2.24, 2.45) is 16.8 Å². The molecule has 18 heavy (non-hydrogen) atoms. The lowest BCUT2D eigenvalue weighted by Gasteiger charge is -2.26. The van der Waals surface area contributed by atoms with Gasteiger partial charge in [-0.15, -0.1) is 0 Å². The number of carbonyl (C=O) groups excluding carboxylic acids is 1. The normalized spacial score (nSPS) is 19.6. The summed E-state index contributed by atoms with van der Waals surface area (Å²) in [5.74, 6) is 0.846. The van der Waals surface area contributed by atoms with Crippen molar-refractivity contribution in [3.8, 4) is 0 Å². The maximum absolute atomic E-state index is 12.0. The summed E-state index contributed by atoms with van der Waals surface area (Å²) in [7, 11) is 1.70. The molecule has 1 amide bonds. The third-order valence-electron chi connectivity index (χ3n) is 4.01. The van der Waals surface area contributed by atoms with Crippen molar-refractivity contribution in [3.05, 3.63) is 0 Å². The summed E-state index contributed by atoms with van der Waals surface area (Å²) in [5.41, 5.74) is 5.50. The molecule has 0 aliphatic heterocycles. The maximum atomic E-state index is 12.0. The van der Waals surface area contributed by atoms with E-state index in [1.165, 1.54) is 32.1 Å². The van der Waals surface area contributed by atoms with E-state index in [1.807, 2.05) is 0 Å². The third-order valence-corrected chi connectivity index (χ3v) is 4.01. The minimum atomic E-state index is -0.353. The van der Waals surface area contributed by atoms with Gasteiger partial charge in [-0.3, -0.25) is 4.79 Å². The van der Waals surface area contributed by atoms with Gasteiger partial charge < -0.3 is 15.8 Å². The maximum Gasteiger partial charge on any atom is 0.222 e. The average Bonchev–Trinajstić information content (AvgIpc) is 2.43. The van der Waals surface area contributed by atoms with Crippen LogP contribution in [0.25, 0.3) is 0 Å². The molecule has 0 saturated heterocycles. The number of nitrogens with zero attached hydrogens (tertiary/aromatic N) is 2. The van der Waals surface area contributed by atoms with Crippen molar-refractivity contribution in [2.45, 2.75) is 57.9 Å². The molecule has 1 atom stereocenters. The molecule has 0 bridgehead atoms. The standard InChI is InChI=1S/C13H25N3O2/c1-10(13(14)15-18)16(2)12(17)9-8-11-6-4-3-5-7-11/h10-11,18H,3-9H2,1-2H3,(H2,14,15). The van der Waals surface area contributed by atoms with Gasteiger partial charge in [-0.25, -0.2) is 0 Å². The number of likely N-dealkylation sites (N-methyl/N-ethyl adjacent to an activating group) is 1. The summed E-state index contributed by atoms with van der Waals surface area (Å²) < 4.78 is 0. The molecule has 1 aliphatic rings. The number of amides is 1. The van der Waals surface area contributed by atoms with Gasteiger partial charge in [-0.05, 0) is 19.3 Å². The SMILES string of the molecule is CC(C(N)=NO)N(C)C(=O)CCC1CCCCC1. The molecule has 5 nitrogen and oxygen atoms in total. The molecule has 1 aliphatic carbocycles. The summed E-state index contributed by atoms with van der Waals surface area (Å²) in [6, 6.07) is -0.353. The fourth-order valence-electron chi connectivity index (χ4n) is 2.48. The van der Waals surface area contributed by atoms with Crippen LogP contribution in [0.15, 0.2) is 5.16 Å². The quantitative estimate of drug-likeness (QED) is 0.341. The summed E-state index contributed by atoms with van der Waals surface area (Å²) in [6.07, 6.45) is 7.98. The van der Waals surface area contributed by atoms with Crippen LogP contribution in [0.4, 0.5) is 0 Å². The molecule has 0 heterocycles. The zero-order valence-electron chi connectivity index (χ0n) is 11.4. The zero-order chi connectivity index (χ0) is 13.5. The monoisotopic (exact) mass is 255 g/mol. The van der Waals surface area contributed by atoms with Crippen LogP contribution in [0.5, 0.6) is 0 Å². The van der Waals surface area contributed by atoms with E-state index in [0.29, 0.717) is 12.3 Å². The van der Waals surface area contributed by atoms with Crippen LogP contribution in [0.1, 0.15) is 51.9 Å². The highest BCUT2D eigenvalue weighted by molar-refractivity contribution is 5.89. The molecule has 1 unspecified atom stereocenters. The van der Waals surface area contributed by atoms with Gasteiger partial charge in [0.15, 0.2) is 5.84 Å². The smallest absolute Gasteiger partial charge is 0.222 e. The van der Waals surface area contributed by atoms with Crippen molar-refractivity contribution >= 4 is 11.7 Å². The van der Waals surface area contributed by atoms with E-state index >= 15 is 0 Å². The van der Waals surface area contributed by atoms with E-state index in [1.54, 1.807) is 18.9 Å². The van der Waals surface area contributed by atoms with Gasteiger partial charge in [0, 0.05) is 13.5 Å². The van der Waals surface area contributed by atoms with Crippen molar-refractivity contribution in [1.82, 2.24) is 4.90 Å². The van der Waals surface area contributed by atoms with Crippen LogP contribution >= 0.6 is 0 Å². The number of amidine groups is 1. The molecular formula is C13H25N3O2. The molecule has 1 fully saturated rings. The topological polar surface area (TPSA) is 78.9 Å². The average molecular weight is 255 g/mol. The number of nitrogens with two attached hydrogens (primary N) is 1. The molecule has 1 saturated carbocycles. The number of hydrogen-bond acceptors (Lipinski definition) is 3. The molecule has 5 heteroatoms. The summed E-state index contributed by atoms with van der Waals surface area (Å²) in [6.45, 7) is 1.76. The van der Waals surface area contributed by atoms with E-state index in [9.17, 15) is 4.79 Å². The van der Waals surface area contributed by atoms with Crippen LogP contribution in [0, 0.1) is 5.92 Å². The minimum Gasteiger partial charge on any atom is -0.409 e. The Labute approximate surface area is 109 Å². The molecular weight excluding hydrogens is 230 g/mol. The number of rotatable bonds is 5. The van der Waals surface area contributed by atoms with Gasteiger partial charge in [0.25, 0.3) is 0 Å². The predicted octanol–water partition coefficient (Wildman–Crippen LogP) is 1.94. The van der Waals surface area contributed by atoms with Gasteiger partial charge in [-0.1, -0.05) is 37.3 Å². The molecule has 0 aromatic heterocycles. The van der Waals surface area contributed by atoms with E-state index in [-0.39, 0.29) is 17.8 Å². The van der Waals surface area contributed by atoms with Crippen LogP contribution in [-0.4, -0.2) is 34.9 Å². The molecule has 104 valence electrons. The highest BCUT2D eigenvalue weighted by atomic mass is 16.4. The summed E-state index contributed by atoms with van der Waals surface area (Å²) in [4.78, 5) is 13.5. The molecule has 3 N–H and O–H groups in total. The lowest BCUT2D eigenvalue weighted by molar-refractivity contribution is -0.131. The lowest BCUT2D eigenvalue weighted by Crippen LogP contribution is -2.43. The molecule has 0 radical (unpaired) electrons. The van der Waals surface area contributed by atoms with E-state index < -0.39 is 0 Å². The van der Waals surface area contributed by atoms with Crippen molar-refractivity contribution < 1.29 is 10.0 Å². The summed E-state index contributed by atoms with van der Waals surface area (Å²) >= 11 is 0. The van der Waals surface area contributed by atoms with Gasteiger partial charge in [0.1, 0.15) is 0 Å². The van der Waals surface area contributed by atoms with Crippen molar-refractivity contribution in [3.63, 3.8) is 0 Å². The fourth-order valence-corrected chi connectivity index (χ4v) is 2.48. The molecule has 0 spiro atoms.